The molecular weight excluding hydrogens is 218 g/mol. The molecule has 0 aromatic carbocycles. The zero-order valence-electron chi connectivity index (χ0n) is 8.99. The van der Waals surface area contributed by atoms with Crippen molar-refractivity contribution >= 4 is 16.0 Å². The van der Waals surface area contributed by atoms with Crippen LogP contribution in [0.5, 0.6) is 0 Å². The Bertz CT molecular complexity index is 332. The predicted molar refractivity (Wildman–Crippen MR) is 58.0 cm³/mol. The van der Waals surface area contributed by atoms with Gasteiger partial charge < -0.3 is 5.32 Å². The predicted octanol–water partition coefficient (Wildman–Crippen LogP) is 0.593. The molecule has 0 aliphatic heterocycles. The summed E-state index contributed by atoms with van der Waals surface area (Å²) in [6.45, 7) is 7.06. The molecule has 0 bridgehead atoms. The molecule has 6 heteroatoms. The lowest BCUT2D eigenvalue weighted by Crippen LogP contribution is -2.30. The van der Waals surface area contributed by atoms with Gasteiger partial charge in [0.1, 0.15) is 0 Å². The molecule has 0 spiro atoms. The van der Waals surface area contributed by atoms with Gasteiger partial charge in [-0.25, -0.2) is 0 Å². The van der Waals surface area contributed by atoms with E-state index in [-0.39, 0.29) is 11.7 Å². The normalized spacial score (nSPS) is 12.2. The van der Waals surface area contributed by atoms with E-state index in [1.807, 2.05) is 0 Å². The van der Waals surface area contributed by atoms with E-state index >= 15 is 0 Å². The fourth-order valence-electron chi connectivity index (χ4n) is 1.16. The minimum atomic E-state index is -3.97. The third-order valence-electron chi connectivity index (χ3n) is 1.86. The molecule has 0 aliphatic carbocycles. The highest BCUT2D eigenvalue weighted by atomic mass is 32.2. The van der Waals surface area contributed by atoms with Crippen LogP contribution in [0.1, 0.15) is 20.3 Å². The summed E-state index contributed by atoms with van der Waals surface area (Å²) >= 11 is 0. The number of carbonyl (C=O) groups excluding carboxylic acids is 1. The van der Waals surface area contributed by atoms with Gasteiger partial charge in [0.15, 0.2) is 0 Å². The Kier molecular flexibility index (Phi) is 4.96. The Balaban J connectivity index is 4.05. The van der Waals surface area contributed by atoms with Gasteiger partial charge in [0.05, 0.1) is 5.75 Å². The van der Waals surface area contributed by atoms with Gasteiger partial charge in [-0.15, -0.1) is 0 Å². The Hall–Kier alpha value is -0.880. The van der Waals surface area contributed by atoms with Gasteiger partial charge in [-0.05, 0) is 17.9 Å². The Morgan fingerprint density at radius 3 is 2.47 bits per heavy atom. The van der Waals surface area contributed by atoms with Crippen molar-refractivity contribution in [1.82, 2.24) is 5.32 Å². The monoisotopic (exact) mass is 235 g/mol. The molecular formula is C9H17NO4S. The summed E-state index contributed by atoms with van der Waals surface area (Å²) in [7, 11) is -3.97. The lowest BCUT2D eigenvalue weighted by molar-refractivity contribution is -0.116. The SMILES string of the molecule is C=CC(=O)NCCC(C)(C)CS(=O)(=O)O. The van der Waals surface area contributed by atoms with E-state index in [2.05, 4.69) is 11.9 Å². The van der Waals surface area contributed by atoms with Gasteiger partial charge in [0.25, 0.3) is 10.1 Å². The fourth-order valence-corrected chi connectivity index (χ4v) is 2.29. The maximum atomic E-state index is 10.8. The van der Waals surface area contributed by atoms with Crippen LogP contribution in [-0.4, -0.2) is 31.2 Å². The second kappa shape index (κ2) is 5.27. The van der Waals surface area contributed by atoms with E-state index in [0.717, 1.165) is 6.08 Å². The van der Waals surface area contributed by atoms with Gasteiger partial charge >= 0.3 is 0 Å². The van der Waals surface area contributed by atoms with Crippen LogP contribution in [0, 0.1) is 5.41 Å². The zero-order chi connectivity index (χ0) is 12.1. The molecule has 0 aromatic heterocycles. The molecule has 0 fully saturated rings. The highest BCUT2D eigenvalue weighted by Gasteiger charge is 2.24. The molecule has 88 valence electrons. The highest BCUT2D eigenvalue weighted by molar-refractivity contribution is 7.85. The van der Waals surface area contributed by atoms with E-state index in [0.29, 0.717) is 13.0 Å². The third kappa shape index (κ3) is 8.14. The lowest BCUT2D eigenvalue weighted by atomic mass is 9.92. The van der Waals surface area contributed by atoms with Gasteiger partial charge in [-0.1, -0.05) is 20.4 Å². The van der Waals surface area contributed by atoms with E-state index < -0.39 is 15.5 Å². The number of hydrogen-bond donors (Lipinski definition) is 2. The molecule has 0 rings (SSSR count). The van der Waals surface area contributed by atoms with E-state index in [9.17, 15) is 13.2 Å². The van der Waals surface area contributed by atoms with Gasteiger partial charge in [0.2, 0.25) is 5.91 Å². The van der Waals surface area contributed by atoms with Gasteiger partial charge in [-0.3, -0.25) is 9.35 Å². The Morgan fingerprint density at radius 1 is 1.53 bits per heavy atom. The van der Waals surface area contributed by atoms with Crippen molar-refractivity contribution in [3.63, 3.8) is 0 Å². The number of nitrogens with one attached hydrogen (secondary N) is 1. The van der Waals surface area contributed by atoms with Gasteiger partial charge in [0, 0.05) is 6.54 Å². The quantitative estimate of drug-likeness (QED) is 0.521. The minimum absolute atomic E-state index is 0.294. The van der Waals surface area contributed by atoms with E-state index in [1.165, 1.54) is 0 Å². The maximum absolute atomic E-state index is 10.8. The summed E-state index contributed by atoms with van der Waals surface area (Å²) in [4.78, 5) is 10.8. The molecule has 0 radical (unpaired) electrons. The second-order valence-electron chi connectivity index (χ2n) is 4.14. The Labute approximate surface area is 90.3 Å². The first kappa shape index (κ1) is 14.1. The molecule has 2 N–H and O–H groups in total. The summed E-state index contributed by atoms with van der Waals surface area (Å²) in [6, 6.07) is 0. The van der Waals surface area contributed by atoms with Crippen molar-refractivity contribution in [3.05, 3.63) is 12.7 Å². The standard InChI is InChI=1S/C9H17NO4S/c1-4-8(11)10-6-5-9(2,3)7-15(12,13)14/h4H,1,5-7H2,2-3H3,(H,10,11)(H,12,13,14). The molecule has 1 amide bonds. The molecule has 0 aliphatic rings. The van der Waals surface area contributed by atoms with Crippen LogP contribution in [0.3, 0.4) is 0 Å². The van der Waals surface area contributed by atoms with Crippen molar-refractivity contribution in [1.29, 1.82) is 0 Å². The maximum Gasteiger partial charge on any atom is 0.265 e. The van der Waals surface area contributed by atoms with E-state index in [1.54, 1.807) is 13.8 Å². The minimum Gasteiger partial charge on any atom is -0.353 e. The Morgan fingerprint density at radius 2 is 2.07 bits per heavy atom. The molecule has 0 saturated carbocycles. The number of amides is 1. The van der Waals surface area contributed by atoms with Crippen LogP contribution in [0.2, 0.25) is 0 Å². The van der Waals surface area contributed by atoms with Crippen molar-refractivity contribution in [2.45, 2.75) is 20.3 Å². The first-order chi connectivity index (χ1) is 6.66. The summed E-state index contributed by atoms with van der Waals surface area (Å²) in [5, 5.41) is 2.54. The molecule has 5 nitrogen and oxygen atoms in total. The molecule has 0 unspecified atom stereocenters. The van der Waals surface area contributed by atoms with Crippen LogP contribution in [-0.2, 0) is 14.9 Å². The first-order valence-corrected chi connectivity index (χ1v) is 6.13. The third-order valence-corrected chi connectivity index (χ3v) is 3.01. The van der Waals surface area contributed by atoms with Crippen LogP contribution in [0.4, 0.5) is 0 Å². The summed E-state index contributed by atoms with van der Waals surface area (Å²) in [5.74, 6) is -0.609. The fraction of sp³-hybridized carbons (Fsp3) is 0.667. The summed E-state index contributed by atoms with van der Waals surface area (Å²) in [6.07, 6.45) is 1.61. The number of hydrogen-bond acceptors (Lipinski definition) is 3. The molecule has 0 atom stereocenters. The van der Waals surface area contributed by atoms with Crippen LogP contribution in [0.25, 0.3) is 0 Å². The molecule has 0 heterocycles. The first-order valence-electron chi connectivity index (χ1n) is 4.52. The van der Waals surface area contributed by atoms with Crippen LogP contribution < -0.4 is 5.32 Å². The van der Waals surface area contributed by atoms with Crippen molar-refractivity contribution in [2.75, 3.05) is 12.3 Å². The molecule has 0 aromatic rings. The average molecular weight is 235 g/mol. The molecule has 15 heavy (non-hydrogen) atoms. The van der Waals surface area contributed by atoms with Crippen LogP contribution >= 0.6 is 0 Å². The summed E-state index contributed by atoms with van der Waals surface area (Å²) < 4.78 is 30.0. The van der Waals surface area contributed by atoms with Crippen LogP contribution in [0.15, 0.2) is 12.7 Å². The lowest BCUT2D eigenvalue weighted by Gasteiger charge is -2.22. The largest absolute Gasteiger partial charge is 0.353 e. The zero-order valence-corrected chi connectivity index (χ0v) is 9.80. The van der Waals surface area contributed by atoms with Crippen molar-refractivity contribution < 1.29 is 17.8 Å². The van der Waals surface area contributed by atoms with Gasteiger partial charge in [-0.2, -0.15) is 8.42 Å². The average Bonchev–Trinajstić information content (AvgIpc) is 1.98. The second-order valence-corrected chi connectivity index (χ2v) is 5.59. The van der Waals surface area contributed by atoms with E-state index in [4.69, 9.17) is 4.55 Å². The summed E-state index contributed by atoms with van der Waals surface area (Å²) in [5.41, 5.74) is -0.567. The topological polar surface area (TPSA) is 83.5 Å². The number of carbonyl (C=O) groups is 1. The van der Waals surface area contributed by atoms with Crippen molar-refractivity contribution in [2.24, 2.45) is 5.41 Å². The highest BCUT2D eigenvalue weighted by Crippen LogP contribution is 2.21. The van der Waals surface area contributed by atoms with Crippen molar-refractivity contribution in [3.8, 4) is 0 Å². The molecule has 0 saturated heterocycles. The smallest absolute Gasteiger partial charge is 0.265 e. The number of rotatable bonds is 6.